The van der Waals surface area contributed by atoms with Crippen molar-refractivity contribution in [3.63, 3.8) is 0 Å². The fourth-order valence-electron chi connectivity index (χ4n) is 3.45. The van der Waals surface area contributed by atoms with Crippen molar-refractivity contribution in [3.05, 3.63) is 83.0 Å². The van der Waals surface area contributed by atoms with Gasteiger partial charge >= 0.3 is 0 Å². The molecule has 0 aliphatic carbocycles. The molecular formula is C19H24N3O+. The molecule has 0 spiro atoms. The third kappa shape index (κ3) is 2.70. The third-order valence-electron chi connectivity index (χ3n) is 4.54. The number of unbranched alkanes of at least 4 members (excludes halogenated alkanes) is 1. The lowest BCUT2D eigenvalue weighted by Gasteiger charge is -2.39. The van der Waals surface area contributed by atoms with Crippen LogP contribution in [0.2, 0.25) is 0 Å². The van der Waals surface area contributed by atoms with Gasteiger partial charge < -0.3 is 4.90 Å². The predicted octanol–water partition coefficient (Wildman–Crippen LogP) is 3.20. The van der Waals surface area contributed by atoms with Gasteiger partial charge in [-0.2, -0.15) is 9.27 Å². The van der Waals surface area contributed by atoms with Crippen molar-refractivity contribution >= 4 is 0 Å². The first-order valence-electron chi connectivity index (χ1n) is 8.21. The van der Waals surface area contributed by atoms with Gasteiger partial charge in [-0.05, 0) is 12.5 Å². The van der Waals surface area contributed by atoms with Gasteiger partial charge in [0.15, 0.2) is 0 Å². The van der Waals surface area contributed by atoms with E-state index in [0.717, 1.165) is 19.4 Å². The second-order valence-corrected chi connectivity index (χ2v) is 6.10. The highest BCUT2D eigenvalue weighted by atomic mass is 16.1. The molecule has 4 heteroatoms. The Morgan fingerprint density at radius 1 is 1.09 bits per heavy atom. The Hall–Kier alpha value is -2.33. The summed E-state index contributed by atoms with van der Waals surface area (Å²) in [7, 11) is 2.08. The van der Waals surface area contributed by atoms with Crippen LogP contribution in [0.4, 0.5) is 0 Å². The van der Waals surface area contributed by atoms with Crippen molar-refractivity contribution in [2.45, 2.75) is 25.9 Å². The summed E-state index contributed by atoms with van der Waals surface area (Å²) in [5.74, 6) is 0. The number of hydrogen-bond donors (Lipinski definition) is 0. The van der Waals surface area contributed by atoms with E-state index in [2.05, 4.69) is 55.5 Å². The molecule has 0 amide bonds. The summed E-state index contributed by atoms with van der Waals surface area (Å²) in [6.07, 6.45) is 8.37. The molecule has 0 N–H and O–H groups in total. The van der Waals surface area contributed by atoms with E-state index in [1.54, 1.807) is 12.1 Å². The van der Waals surface area contributed by atoms with Gasteiger partial charge in [0.2, 0.25) is 6.17 Å². The second-order valence-electron chi connectivity index (χ2n) is 6.10. The molecule has 2 aromatic rings. The minimum absolute atomic E-state index is 0.0319. The van der Waals surface area contributed by atoms with Gasteiger partial charge in [-0.1, -0.05) is 49.7 Å². The molecule has 0 radical (unpaired) electrons. The largest absolute Gasteiger partial charge is 0.321 e. The molecule has 120 valence electrons. The maximum atomic E-state index is 12.6. The van der Waals surface area contributed by atoms with Crippen molar-refractivity contribution in [1.82, 2.24) is 14.2 Å². The molecule has 3 rings (SSSR count). The average Bonchev–Trinajstić information content (AvgIpc) is 2.91. The van der Waals surface area contributed by atoms with E-state index in [1.165, 1.54) is 5.56 Å². The van der Waals surface area contributed by atoms with Crippen LogP contribution in [0.5, 0.6) is 0 Å². The molecule has 2 atom stereocenters. The van der Waals surface area contributed by atoms with E-state index in [4.69, 9.17) is 0 Å². The minimum atomic E-state index is 0.0319. The number of aromatic nitrogens is 1. The zero-order valence-electron chi connectivity index (χ0n) is 13.8. The SMILES string of the molecule is CCCC[N+]1(n2ccccc2=O)C=CN(C)C1c1ccccc1. The van der Waals surface area contributed by atoms with Crippen molar-refractivity contribution in [3.8, 4) is 0 Å². The molecule has 2 unspecified atom stereocenters. The van der Waals surface area contributed by atoms with Gasteiger partial charge in [-0.3, -0.25) is 4.79 Å². The van der Waals surface area contributed by atoms with Crippen LogP contribution in [0.25, 0.3) is 0 Å². The Balaban J connectivity index is 2.16. The third-order valence-corrected chi connectivity index (χ3v) is 4.54. The lowest BCUT2D eigenvalue weighted by Crippen LogP contribution is -2.60. The molecule has 1 aromatic heterocycles. The Labute approximate surface area is 137 Å². The lowest BCUT2D eigenvalue weighted by molar-refractivity contribution is 0.0682. The van der Waals surface area contributed by atoms with Gasteiger partial charge in [-0.25, -0.2) is 0 Å². The second kappa shape index (κ2) is 6.42. The van der Waals surface area contributed by atoms with E-state index < -0.39 is 0 Å². The van der Waals surface area contributed by atoms with Gasteiger partial charge in [0, 0.05) is 18.7 Å². The highest BCUT2D eigenvalue weighted by Gasteiger charge is 2.45. The van der Waals surface area contributed by atoms with Crippen LogP contribution in [0.3, 0.4) is 0 Å². The fourth-order valence-corrected chi connectivity index (χ4v) is 3.45. The molecule has 4 nitrogen and oxygen atoms in total. The molecule has 0 saturated heterocycles. The summed E-state index contributed by atoms with van der Waals surface area (Å²) in [6, 6.07) is 15.8. The molecule has 1 aliphatic heterocycles. The molecule has 23 heavy (non-hydrogen) atoms. The normalized spacial score (nSPS) is 23.4. The Morgan fingerprint density at radius 3 is 2.52 bits per heavy atom. The van der Waals surface area contributed by atoms with E-state index in [1.807, 2.05) is 23.0 Å². The summed E-state index contributed by atoms with van der Waals surface area (Å²) in [6.45, 7) is 3.08. The van der Waals surface area contributed by atoms with E-state index >= 15 is 0 Å². The number of hydrogen-bond acceptors (Lipinski definition) is 2. The molecule has 0 fully saturated rings. The summed E-state index contributed by atoms with van der Waals surface area (Å²) in [4.78, 5) is 14.8. The zero-order valence-corrected chi connectivity index (χ0v) is 13.8. The van der Waals surface area contributed by atoms with E-state index in [9.17, 15) is 4.79 Å². The number of nitrogens with zero attached hydrogens (tertiary/aromatic N) is 3. The van der Waals surface area contributed by atoms with Crippen molar-refractivity contribution in [2.75, 3.05) is 13.6 Å². The van der Waals surface area contributed by atoms with Crippen LogP contribution < -0.4 is 10.2 Å². The molecule has 0 bridgehead atoms. The average molecular weight is 310 g/mol. The van der Waals surface area contributed by atoms with Gasteiger partial charge in [-0.15, -0.1) is 0 Å². The monoisotopic (exact) mass is 310 g/mol. The molecule has 0 saturated carbocycles. The van der Waals surface area contributed by atoms with Crippen LogP contribution in [0.1, 0.15) is 31.5 Å². The summed E-state index contributed by atoms with van der Waals surface area (Å²) in [5.41, 5.74) is 1.25. The standard InChI is InChI=1S/C19H24N3O/c1-3-4-15-22(21-13-9-8-12-18(21)23)16-14-20(2)19(22)17-10-6-5-7-11-17/h5-14,16,19H,3-4,15H2,1-2H3/q+1. The van der Waals surface area contributed by atoms with Crippen molar-refractivity contribution in [2.24, 2.45) is 0 Å². The maximum Gasteiger partial charge on any atom is 0.296 e. The minimum Gasteiger partial charge on any atom is -0.321 e. The smallest absolute Gasteiger partial charge is 0.296 e. The first-order valence-corrected chi connectivity index (χ1v) is 8.21. The highest BCUT2D eigenvalue weighted by molar-refractivity contribution is 5.26. The van der Waals surface area contributed by atoms with Gasteiger partial charge in [0.25, 0.3) is 5.56 Å². The van der Waals surface area contributed by atoms with Crippen LogP contribution in [-0.2, 0) is 0 Å². The Kier molecular flexibility index (Phi) is 4.35. The molecule has 1 aliphatic rings. The van der Waals surface area contributed by atoms with Gasteiger partial charge in [0.05, 0.1) is 12.4 Å². The number of benzene rings is 1. The fraction of sp³-hybridized carbons (Fsp3) is 0.316. The van der Waals surface area contributed by atoms with Crippen molar-refractivity contribution < 1.29 is 0 Å². The van der Waals surface area contributed by atoms with Crippen LogP contribution >= 0.6 is 0 Å². The summed E-state index contributed by atoms with van der Waals surface area (Å²) < 4.78 is 2.35. The Bertz CT molecular complexity index is 738. The first-order chi connectivity index (χ1) is 11.2. The number of pyridine rings is 1. The number of quaternary nitrogens is 1. The van der Waals surface area contributed by atoms with Gasteiger partial charge in [0.1, 0.15) is 12.7 Å². The van der Waals surface area contributed by atoms with Crippen LogP contribution in [0, 0.1) is 0 Å². The summed E-state index contributed by atoms with van der Waals surface area (Å²) in [5, 5.41) is 0. The van der Waals surface area contributed by atoms with Crippen LogP contribution in [0.15, 0.2) is 71.9 Å². The predicted molar refractivity (Wildman–Crippen MR) is 94.1 cm³/mol. The first kappa shape index (κ1) is 15.6. The summed E-state index contributed by atoms with van der Waals surface area (Å²) >= 11 is 0. The van der Waals surface area contributed by atoms with E-state index in [-0.39, 0.29) is 11.7 Å². The molecule has 1 aromatic carbocycles. The van der Waals surface area contributed by atoms with E-state index in [0.29, 0.717) is 4.59 Å². The highest BCUT2D eigenvalue weighted by Crippen LogP contribution is 2.35. The quantitative estimate of drug-likeness (QED) is 0.792. The number of rotatable bonds is 5. The lowest BCUT2D eigenvalue weighted by atomic mass is 10.1. The Morgan fingerprint density at radius 2 is 1.83 bits per heavy atom. The molecular weight excluding hydrogens is 286 g/mol. The molecule has 2 heterocycles. The topological polar surface area (TPSA) is 25.2 Å². The van der Waals surface area contributed by atoms with Crippen molar-refractivity contribution in [1.29, 1.82) is 0 Å². The maximum absolute atomic E-state index is 12.6. The van der Waals surface area contributed by atoms with Crippen LogP contribution in [-0.4, -0.2) is 23.2 Å². The zero-order chi connectivity index (χ0) is 16.3.